The van der Waals surface area contributed by atoms with E-state index in [1.54, 1.807) is 35.3 Å². The number of benzene rings is 1. The lowest BCUT2D eigenvalue weighted by Gasteiger charge is -2.29. The maximum absolute atomic E-state index is 12.6. The first-order valence-electron chi connectivity index (χ1n) is 9.13. The van der Waals surface area contributed by atoms with Crippen molar-refractivity contribution in [3.8, 4) is 0 Å². The molecule has 1 aromatic carbocycles. The number of likely N-dealkylation sites (N-methyl/N-ethyl adjacent to an activating group) is 1. The van der Waals surface area contributed by atoms with Crippen LogP contribution in [0, 0.1) is 0 Å². The van der Waals surface area contributed by atoms with Crippen LogP contribution in [-0.2, 0) is 4.74 Å². The summed E-state index contributed by atoms with van der Waals surface area (Å²) in [5, 5.41) is 1.94. The van der Waals surface area contributed by atoms with E-state index in [1.165, 1.54) is 11.3 Å². The number of para-hydroxylation sites is 2. The molecule has 2 aliphatic rings. The number of rotatable bonds is 5. The van der Waals surface area contributed by atoms with Gasteiger partial charge < -0.3 is 9.64 Å². The van der Waals surface area contributed by atoms with Crippen molar-refractivity contribution in [3.63, 3.8) is 0 Å². The van der Waals surface area contributed by atoms with Crippen LogP contribution in [-0.4, -0.2) is 62.6 Å². The lowest BCUT2D eigenvalue weighted by Crippen LogP contribution is -2.43. The van der Waals surface area contributed by atoms with Gasteiger partial charge in [-0.2, -0.15) is 0 Å². The van der Waals surface area contributed by atoms with E-state index in [4.69, 9.17) is 16.3 Å². The average Bonchev–Trinajstić information content (AvgIpc) is 3.33. The van der Waals surface area contributed by atoms with E-state index in [0.29, 0.717) is 35.4 Å². The standard InChI is InChI=1S/C19H20ClN5O3S/c1-23(18(26)16-6-7-17(20)29-16)10-13-11-24(19(27)28-13)14-4-2-3-5-15(14)25-9-8-21-12-22-25/h2-7,12-13H,8-11H2,1H3,(H,21,22)/t13-/m0/s1. The number of cyclic esters (lactones) is 1. The van der Waals surface area contributed by atoms with Crippen molar-refractivity contribution in [1.82, 2.24) is 10.3 Å². The van der Waals surface area contributed by atoms with Crippen molar-refractivity contribution in [3.05, 3.63) is 45.6 Å². The van der Waals surface area contributed by atoms with E-state index in [1.807, 2.05) is 29.3 Å². The number of hydrogen-bond donors (Lipinski definition) is 1. The summed E-state index contributed by atoms with van der Waals surface area (Å²) in [5.41, 5.74) is 4.71. The Kier molecular flexibility index (Phi) is 5.59. The summed E-state index contributed by atoms with van der Waals surface area (Å²) in [7, 11) is 1.69. The first-order chi connectivity index (χ1) is 14.0. The number of hydrogen-bond acceptors (Lipinski definition) is 7. The number of aliphatic imine (C=N–C) groups is 1. The predicted octanol–water partition coefficient (Wildman–Crippen LogP) is 2.85. The van der Waals surface area contributed by atoms with Crippen molar-refractivity contribution in [2.45, 2.75) is 6.10 Å². The van der Waals surface area contributed by atoms with Crippen LogP contribution in [0.5, 0.6) is 0 Å². The first-order valence-corrected chi connectivity index (χ1v) is 10.3. The zero-order valence-corrected chi connectivity index (χ0v) is 17.3. The van der Waals surface area contributed by atoms with Crippen molar-refractivity contribution in [2.75, 3.05) is 43.1 Å². The molecule has 0 spiro atoms. The molecule has 8 nitrogen and oxygen atoms in total. The van der Waals surface area contributed by atoms with E-state index in [2.05, 4.69) is 10.4 Å². The fourth-order valence-electron chi connectivity index (χ4n) is 3.33. The van der Waals surface area contributed by atoms with Gasteiger partial charge in [0.2, 0.25) is 0 Å². The monoisotopic (exact) mass is 433 g/mol. The molecule has 0 radical (unpaired) electrons. The number of ether oxygens (including phenoxy) is 1. The molecule has 1 fully saturated rings. The summed E-state index contributed by atoms with van der Waals surface area (Å²) in [5.74, 6) is -0.145. The van der Waals surface area contributed by atoms with E-state index >= 15 is 0 Å². The maximum Gasteiger partial charge on any atom is 0.414 e. The van der Waals surface area contributed by atoms with E-state index in [9.17, 15) is 9.59 Å². The molecular formula is C19H20ClN5O3S. The molecule has 2 aliphatic heterocycles. The van der Waals surface area contributed by atoms with Gasteiger partial charge in [-0.1, -0.05) is 23.7 Å². The zero-order chi connectivity index (χ0) is 20.4. The number of hydrazine groups is 1. The fourth-order valence-corrected chi connectivity index (χ4v) is 4.36. The summed E-state index contributed by atoms with van der Waals surface area (Å²) in [6, 6.07) is 11.0. The predicted molar refractivity (Wildman–Crippen MR) is 114 cm³/mol. The van der Waals surface area contributed by atoms with Crippen LogP contribution < -0.4 is 15.3 Å². The topological polar surface area (TPSA) is 77.5 Å². The highest BCUT2D eigenvalue weighted by molar-refractivity contribution is 7.17. The molecular weight excluding hydrogens is 414 g/mol. The van der Waals surface area contributed by atoms with Gasteiger partial charge in [-0.3, -0.25) is 25.1 Å². The molecule has 1 aromatic heterocycles. The van der Waals surface area contributed by atoms with Crippen molar-refractivity contribution in [1.29, 1.82) is 0 Å². The van der Waals surface area contributed by atoms with Gasteiger partial charge in [-0.25, -0.2) is 4.79 Å². The average molecular weight is 434 g/mol. The van der Waals surface area contributed by atoms with Crippen LogP contribution in [0.15, 0.2) is 41.4 Å². The maximum atomic E-state index is 12.6. The largest absolute Gasteiger partial charge is 0.442 e. The van der Waals surface area contributed by atoms with Crippen LogP contribution >= 0.6 is 22.9 Å². The lowest BCUT2D eigenvalue weighted by atomic mass is 10.2. The number of thiophene rings is 1. The molecule has 0 saturated carbocycles. The number of carbonyl (C=O) groups is 2. The molecule has 1 atom stereocenters. The minimum absolute atomic E-state index is 0.145. The van der Waals surface area contributed by atoms with Crippen molar-refractivity contribution in [2.24, 2.45) is 4.99 Å². The van der Waals surface area contributed by atoms with Gasteiger partial charge in [0.1, 0.15) is 12.4 Å². The van der Waals surface area contributed by atoms with Gasteiger partial charge in [0.15, 0.2) is 0 Å². The molecule has 4 rings (SSSR count). The van der Waals surface area contributed by atoms with E-state index < -0.39 is 12.2 Å². The highest BCUT2D eigenvalue weighted by Crippen LogP contribution is 2.32. The SMILES string of the molecule is CN(C[C@H]1CN(c2ccccc2N2CCN=CN2)C(=O)O1)C(=O)c1ccc(Cl)s1. The summed E-state index contributed by atoms with van der Waals surface area (Å²) < 4.78 is 6.10. The Bertz CT molecular complexity index is 949. The van der Waals surface area contributed by atoms with Crippen LogP contribution in [0.4, 0.5) is 16.2 Å². The summed E-state index contributed by atoms with van der Waals surface area (Å²) in [6.07, 6.45) is 0.798. The van der Waals surface area contributed by atoms with Crippen LogP contribution in [0.25, 0.3) is 0 Å². The number of carbonyl (C=O) groups excluding carboxylic acids is 2. The van der Waals surface area contributed by atoms with E-state index in [0.717, 1.165) is 11.4 Å². The summed E-state index contributed by atoms with van der Waals surface area (Å²) in [4.78, 5) is 33.0. The fraction of sp³-hybridized carbons (Fsp3) is 0.316. The third kappa shape index (κ3) is 4.15. The Hall–Kier alpha value is -2.78. The molecule has 1 N–H and O–H groups in total. The van der Waals surface area contributed by atoms with Gasteiger partial charge >= 0.3 is 6.09 Å². The van der Waals surface area contributed by atoms with Gasteiger partial charge in [0.05, 0.1) is 46.8 Å². The molecule has 2 aromatic rings. The van der Waals surface area contributed by atoms with Gasteiger partial charge in [-0.15, -0.1) is 11.3 Å². The molecule has 1 saturated heterocycles. The highest BCUT2D eigenvalue weighted by Gasteiger charge is 2.35. The lowest BCUT2D eigenvalue weighted by molar-refractivity contribution is 0.0699. The summed E-state index contributed by atoms with van der Waals surface area (Å²) in [6.45, 7) is 2.03. The Morgan fingerprint density at radius 2 is 2.14 bits per heavy atom. The quantitative estimate of drug-likeness (QED) is 0.784. The van der Waals surface area contributed by atoms with Crippen molar-refractivity contribution < 1.29 is 14.3 Å². The third-order valence-electron chi connectivity index (χ3n) is 4.70. The Balaban J connectivity index is 1.46. The Morgan fingerprint density at radius 1 is 1.34 bits per heavy atom. The number of amides is 2. The third-order valence-corrected chi connectivity index (χ3v) is 5.92. The number of nitrogens with one attached hydrogen (secondary N) is 1. The summed E-state index contributed by atoms with van der Waals surface area (Å²) >= 11 is 7.15. The normalized spacial score (nSPS) is 18.6. The van der Waals surface area contributed by atoms with Crippen molar-refractivity contribution >= 4 is 52.7 Å². The van der Waals surface area contributed by atoms with E-state index in [-0.39, 0.29) is 5.91 Å². The molecule has 10 heteroatoms. The highest BCUT2D eigenvalue weighted by atomic mass is 35.5. The molecule has 152 valence electrons. The molecule has 2 amide bonds. The smallest absolute Gasteiger partial charge is 0.414 e. The molecule has 3 heterocycles. The zero-order valence-electron chi connectivity index (χ0n) is 15.7. The number of nitrogens with zero attached hydrogens (tertiary/aromatic N) is 4. The van der Waals surface area contributed by atoms with Crippen LogP contribution in [0.1, 0.15) is 9.67 Å². The van der Waals surface area contributed by atoms with Gasteiger partial charge in [-0.05, 0) is 24.3 Å². The van der Waals surface area contributed by atoms with Gasteiger partial charge in [0.25, 0.3) is 5.91 Å². The Morgan fingerprint density at radius 3 is 2.83 bits per heavy atom. The molecule has 0 aliphatic carbocycles. The molecule has 0 unspecified atom stereocenters. The van der Waals surface area contributed by atoms with Gasteiger partial charge in [0, 0.05) is 7.05 Å². The second kappa shape index (κ2) is 8.30. The second-order valence-corrected chi connectivity index (χ2v) is 8.43. The molecule has 0 bridgehead atoms. The molecule has 29 heavy (non-hydrogen) atoms. The number of anilines is 2. The Labute approximate surface area is 177 Å². The van der Waals surface area contributed by atoms with Crippen LogP contribution in [0.2, 0.25) is 4.34 Å². The first kappa shape index (κ1) is 19.5. The second-order valence-electron chi connectivity index (χ2n) is 6.71. The number of halogens is 1. The minimum atomic E-state index is -0.423. The van der Waals surface area contributed by atoms with Crippen LogP contribution in [0.3, 0.4) is 0 Å². The minimum Gasteiger partial charge on any atom is -0.442 e.